The Morgan fingerprint density at radius 1 is 1.22 bits per heavy atom. The lowest BCUT2D eigenvalue weighted by Crippen LogP contribution is -2.39. The third-order valence-electron chi connectivity index (χ3n) is 4.13. The Labute approximate surface area is 159 Å². The summed E-state index contributed by atoms with van der Waals surface area (Å²) in [6.07, 6.45) is 4.67. The summed E-state index contributed by atoms with van der Waals surface area (Å²) in [6.45, 7) is 3.78. The molecule has 2 N–H and O–H groups in total. The standard InChI is InChI=1S/C18H19N5O3S/c1-11-12(2)27-17-16(11)18(26)23(10-22-17)9-15(25)21-8-14(24)20-7-13-4-3-5-19-6-13/h3-6,10H,7-9H2,1-2H3,(H,20,24)(H,21,25). The van der Waals surface area contributed by atoms with E-state index in [0.29, 0.717) is 16.8 Å². The highest BCUT2D eigenvalue weighted by molar-refractivity contribution is 7.18. The molecule has 2 amide bonds. The van der Waals surface area contributed by atoms with Crippen molar-refractivity contribution in [1.82, 2.24) is 25.2 Å². The first-order chi connectivity index (χ1) is 13.0. The molecule has 0 atom stereocenters. The van der Waals surface area contributed by atoms with Gasteiger partial charge in [-0.25, -0.2) is 4.98 Å². The Morgan fingerprint density at radius 2 is 2.04 bits per heavy atom. The van der Waals surface area contributed by atoms with Crippen molar-refractivity contribution in [3.05, 3.63) is 57.2 Å². The summed E-state index contributed by atoms with van der Waals surface area (Å²) in [5.41, 5.74) is 1.50. The van der Waals surface area contributed by atoms with E-state index < -0.39 is 5.91 Å². The summed E-state index contributed by atoms with van der Waals surface area (Å²) in [7, 11) is 0. The first kappa shape index (κ1) is 18.7. The number of carbonyl (C=O) groups is 2. The molecule has 3 aromatic rings. The second-order valence-electron chi connectivity index (χ2n) is 6.06. The highest BCUT2D eigenvalue weighted by atomic mass is 32.1. The maximum atomic E-state index is 12.6. The summed E-state index contributed by atoms with van der Waals surface area (Å²) in [6, 6.07) is 3.62. The van der Waals surface area contributed by atoms with E-state index >= 15 is 0 Å². The maximum absolute atomic E-state index is 12.6. The van der Waals surface area contributed by atoms with Crippen LogP contribution in [-0.2, 0) is 22.7 Å². The molecule has 8 nitrogen and oxygen atoms in total. The number of amides is 2. The molecule has 140 valence electrons. The summed E-state index contributed by atoms with van der Waals surface area (Å²) in [4.78, 5) is 46.4. The van der Waals surface area contributed by atoms with Crippen molar-refractivity contribution in [2.24, 2.45) is 0 Å². The Kier molecular flexibility index (Phi) is 5.60. The van der Waals surface area contributed by atoms with E-state index in [1.165, 1.54) is 22.2 Å². The predicted octanol–water partition coefficient (Wildman–Crippen LogP) is 0.902. The average Bonchev–Trinajstić information content (AvgIpc) is 2.96. The Hall–Kier alpha value is -3.07. The monoisotopic (exact) mass is 385 g/mol. The number of hydrogen-bond acceptors (Lipinski definition) is 6. The zero-order chi connectivity index (χ0) is 19.4. The van der Waals surface area contributed by atoms with E-state index in [1.807, 2.05) is 19.9 Å². The Morgan fingerprint density at radius 3 is 2.78 bits per heavy atom. The topological polar surface area (TPSA) is 106 Å². The van der Waals surface area contributed by atoms with Crippen LogP contribution in [0.1, 0.15) is 16.0 Å². The van der Waals surface area contributed by atoms with E-state index in [4.69, 9.17) is 0 Å². The predicted molar refractivity (Wildman–Crippen MR) is 102 cm³/mol. The van der Waals surface area contributed by atoms with Gasteiger partial charge in [-0.1, -0.05) is 6.07 Å². The van der Waals surface area contributed by atoms with Gasteiger partial charge in [-0.3, -0.25) is 23.9 Å². The van der Waals surface area contributed by atoms with Gasteiger partial charge in [0, 0.05) is 23.8 Å². The minimum absolute atomic E-state index is 0.167. The fraction of sp³-hybridized carbons (Fsp3) is 0.278. The lowest BCUT2D eigenvalue weighted by molar-refractivity contribution is -0.126. The molecule has 0 spiro atoms. The zero-order valence-corrected chi connectivity index (χ0v) is 15.8. The molecule has 3 aromatic heterocycles. The van der Waals surface area contributed by atoms with Gasteiger partial charge in [0.15, 0.2) is 0 Å². The van der Waals surface area contributed by atoms with Gasteiger partial charge in [0.2, 0.25) is 11.8 Å². The van der Waals surface area contributed by atoms with Crippen LogP contribution in [0.2, 0.25) is 0 Å². The smallest absolute Gasteiger partial charge is 0.262 e. The zero-order valence-electron chi connectivity index (χ0n) is 15.0. The third-order valence-corrected chi connectivity index (χ3v) is 5.24. The summed E-state index contributed by atoms with van der Waals surface area (Å²) < 4.78 is 1.25. The highest BCUT2D eigenvalue weighted by Crippen LogP contribution is 2.25. The van der Waals surface area contributed by atoms with E-state index in [2.05, 4.69) is 20.6 Å². The first-order valence-corrected chi connectivity index (χ1v) is 9.15. The molecule has 3 rings (SSSR count). The van der Waals surface area contributed by atoms with Crippen LogP contribution in [0, 0.1) is 13.8 Å². The highest BCUT2D eigenvalue weighted by Gasteiger charge is 2.14. The lowest BCUT2D eigenvalue weighted by Gasteiger charge is -2.08. The summed E-state index contributed by atoms with van der Waals surface area (Å²) in [5, 5.41) is 5.75. The third kappa shape index (κ3) is 4.37. The average molecular weight is 385 g/mol. The Bertz CT molecular complexity index is 1040. The van der Waals surface area contributed by atoms with Gasteiger partial charge in [-0.05, 0) is 31.0 Å². The quantitative estimate of drug-likeness (QED) is 0.656. The van der Waals surface area contributed by atoms with Crippen LogP contribution in [0.15, 0.2) is 35.6 Å². The number of aromatic nitrogens is 3. The second kappa shape index (κ2) is 8.09. The van der Waals surface area contributed by atoms with Crippen LogP contribution < -0.4 is 16.2 Å². The van der Waals surface area contributed by atoms with Gasteiger partial charge < -0.3 is 10.6 Å². The number of nitrogens with zero attached hydrogens (tertiary/aromatic N) is 3. The van der Waals surface area contributed by atoms with Crippen LogP contribution in [0.25, 0.3) is 10.2 Å². The fourth-order valence-electron chi connectivity index (χ4n) is 2.54. The number of hydrogen-bond donors (Lipinski definition) is 2. The lowest BCUT2D eigenvalue weighted by atomic mass is 10.2. The van der Waals surface area contributed by atoms with E-state index in [9.17, 15) is 14.4 Å². The SMILES string of the molecule is Cc1sc2ncn(CC(=O)NCC(=O)NCc3cccnc3)c(=O)c2c1C. The minimum atomic E-state index is -0.431. The van der Waals surface area contributed by atoms with Gasteiger partial charge in [-0.2, -0.15) is 0 Å². The number of aryl methyl sites for hydroxylation is 2. The summed E-state index contributed by atoms with van der Waals surface area (Å²) in [5.74, 6) is -0.753. The van der Waals surface area contributed by atoms with Gasteiger partial charge >= 0.3 is 0 Å². The molecule has 0 aromatic carbocycles. The Balaban J connectivity index is 1.55. The van der Waals surface area contributed by atoms with Crippen molar-refractivity contribution in [3.63, 3.8) is 0 Å². The van der Waals surface area contributed by atoms with Crippen molar-refractivity contribution in [1.29, 1.82) is 0 Å². The molecule has 9 heteroatoms. The van der Waals surface area contributed by atoms with Crippen LogP contribution in [-0.4, -0.2) is 32.9 Å². The van der Waals surface area contributed by atoms with Gasteiger partial charge in [-0.15, -0.1) is 11.3 Å². The van der Waals surface area contributed by atoms with E-state index in [1.54, 1.807) is 18.5 Å². The van der Waals surface area contributed by atoms with E-state index in [0.717, 1.165) is 16.0 Å². The molecule has 0 unspecified atom stereocenters. The number of rotatable bonds is 6. The molecule has 0 bridgehead atoms. The van der Waals surface area contributed by atoms with Crippen LogP contribution in [0.3, 0.4) is 0 Å². The molecule has 0 radical (unpaired) electrons. The van der Waals surface area contributed by atoms with Crippen LogP contribution in [0.4, 0.5) is 0 Å². The van der Waals surface area contributed by atoms with Gasteiger partial charge in [0.25, 0.3) is 5.56 Å². The largest absolute Gasteiger partial charge is 0.350 e. The second-order valence-corrected chi connectivity index (χ2v) is 7.26. The fourth-order valence-corrected chi connectivity index (χ4v) is 3.53. The van der Waals surface area contributed by atoms with Crippen molar-refractivity contribution < 1.29 is 9.59 Å². The molecule has 0 fully saturated rings. The molecule has 0 aliphatic rings. The van der Waals surface area contributed by atoms with Crippen molar-refractivity contribution in [3.8, 4) is 0 Å². The first-order valence-electron chi connectivity index (χ1n) is 8.33. The molecule has 27 heavy (non-hydrogen) atoms. The van der Waals surface area contributed by atoms with Gasteiger partial charge in [0.05, 0.1) is 18.3 Å². The van der Waals surface area contributed by atoms with Gasteiger partial charge in [0.1, 0.15) is 11.4 Å². The van der Waals surface area contributed by atoms with Crippen LogP contribution >= 0.6 is 11.3 Å². The maximum Gasteiger partial charge on any atom is 0.262 e. The number of pyridine rings is 1. The molecule has 0 aliphatic carbocycles. The normalized spacial score (nSPS) is 10.7. The number of thiophene rings is 1. The number of nitrogens with one attached hydrogen (secondary N) is 2. The molecular formula is C18H19N5O3S. The van der Waals surface area contributed by atoms with Crippen molar-refractivity contribution in [2.75, 3.05) is 6.54 Å². The van der Waals surface area contributed by atoms with Crippen molar-refractivity contribution >= 4 is 33.4 Å². The number of fused-ring (bicyclic) bond motifs is 1. The van der Waals surface area contributed by atoms with Crippen molar-refractivity contribution in [2.45, 2.75) is 26.9 Å². The molecule has 0 saturated heterocycles. The molecule has 0 aliphatic heterocycles. The van der Waals surface area contributed by atoms with Crippen LogP contribution in [0.5, 0.6) is 0 Å². The minimum Gasteiger partial charge on any atom is -0.350 e. The summed E-state index contributed by atoms with van der Waals surface area (Å²) >= 11 is 1.46. The molecular weight excluding hydrogens is 366 g/mol. The van der Waals surface area contributed by atoms with E-state index in [-0.39, 0.29) is 24.6 Å². The molecule has 3 heterocycles. The number of carbonyl (C=O) groups excluding carboxylic acids is 2. The molecule has 0 saturated carbocycles.